The molecule has 7 heteroatoms. The summed E-state index contributed by atoms with van der Waals surface area (Å²) in [4.78, 5) is 24.1. The van der Waals surface area contributed by atoms with Gasteiger partial charge in [0.1, 0.15) is 5.82 Å². The minimum absolute atomic E-state index is 0.242. The molecule has 21 heavy (non-hydrogen) atoms. The normalized spacial score (nSPS) is 14.7. The standard InChI is InChI=1S/C14H21N5O2/c1-3-6-15-13-16-7-5-12(17-13)18-8-10-19(11-9-18)14(20)21-4-2/h3,5,7H,1,4,6,8-11H2,2H3,(H,15,16,17). The number of nitrogens with one attached hydrogen (secondary N) is 1. The van der Waals surface area contributed by atoms with Gasteiger partial charge in [-0.15, -0.1) is 6.58 Å². The molecule has 0 saturated carbocycles. The van der Waals surface area contributed by atoms with Gasteiger partial charge in [-0.2, -0.15) is 4.98 Å². The monoisotopic (exact) mass is 291 g/mol. The second-order valence-electron chi connectivity index (χ2n) is 4.58. The molecular formula is C14H21N5O2. The molecule has 2 heterocycles. The van der Waals surface area contributed by atoms with E-state index in [0.717, 1.165) is 18.9 Å². The number of amides is 1. The summed E-state index contributed by atoms with van der Waals surface area (Å²) >= 11 is 0. The first-order chi connectivity index (χ1) is 10.2. The second-order valence-corrected chi connectivity index (χ2v) is 4.58. The summed E-state index contributed by atoms with van der Waals surface area (Å²) in [6.45, 7) is 9.23. The largest absolute Gasteiger partial charge is 0.450 e. The average molecular weight is 291 g/mol. The van der Waals surface area contributed by atoms with Crippen LogP contribution >= 0.6 is 0 Å². The van der Waals surface area contributed by atoms with Gasteiger partial charge in [0.2, 0.25) is 5.95 Å². The number of carbonyl (C=O) groups is 1. The highest BCUT2D eigenvalue weighted by Gasteiger charge is 2.22. The average Bonchev–Trinajstić information content (AvgIpc) is 2.53. The van der Waals surface area contributed by atoms with Crippen LogP contribution in [0.3, 0.4) is 0 Å². The summed E-state index contributed by atoms with van der Waals surface area (Å²) in [6, 6.07) is 1.87. The predicted octanol–water partition coefficient (Wildman–Crippen LogP) is 1.35. The van der Waals surface area contributed by atoms with Crippen molar-refractivity contribution in [1.82, 2.24) is 14.9 Å². The minimum atomic E-state index is -0.242. The van der Waals surface area contributed by atoms with E-state index in [1.807, 2.05) is 13.0 Å². The van der Waals surface area contributed by atoms with E-state index in [2.05, 4.69) is 26.8 Å². The first kappa shape index (κ1) is 15.1. The van der Waals surface area contributed by atoms with Gasteiger partial charge < -0.3 is 19.9 Å². The minimum Gasteiger partial charge on any atom is -0.450 e. The lowest BCUT2D eigenvalue weighted by Crippen LogP contribution is -2.49. The Kier molecular flexibility index (Phi) is 5.36. The van der Waals surface area contributed by atoms with Gasteiger partial charge in [0.25, 0.3) is 0 Å². The van der Waals surface area contributed by atoms with Crippen LogP contribution in [0.5, 0.6) is 0 Å². The third-order valence-corrected chi connectivity index (χ3v) is 3.18. The zero-order valence-corrected chi connectivity index (χ0v) is 12.3. The molecule has 2 rings (SSSR count). The van der Waals surface area contributed by atoms with Crippen LogP contribution in [0.15, 0.2) is 24.9 Å². The number of piperazine rings is 1. The van der Waals surface area contributed by atoms with Crippen molar-refractivity contribution in [2.24, 2.45) is 0 Å². The molecule has 7 nitrogen and oxygen atoms in total. The Bertz CT molecular complexity index is 486. The Hall–Kier alpha value is -2.31. The zero-order chi connectivity index (χ0) is 15.1. The Morgan fingerprint density at radius 1 is 1.48 bits per heavy atom. The third kappa shape index (κ3) is 4.08. The number of anilines is 2. The van der Waals surface area contributed by atoms with Crippen molar-refractivity contribution in [3.63, 3.8) is 0 Å². The lowest BCUT2D eigenvalue weighted by Gasteiger charge is -2.34. The zero-order valence-electron chi connectivity index (χ0n) is 12.3. The Balaban J connectivity index is 1.92. The smallest absolute Gasteiger partial charge is 0.409 e. The predicted molar refractivity (Wildman–Crippen MR) is 81.5 cm³/mol. The summed E-state index contributed by atoms with van der Waals surface area (Å²) in [5, 5.41) is 3.07. The van der Waals surface area contributed by atoms with Crippen LogP contribution in [0.4, 0.5) is 16.6 Å². The van der Waals surface area contributed by atoms with Crippen LogP contribution in [0.25, 0.3) is 0 Å². The van der Waals surface area contributed by atoms with Crippen LogP contribution in [0.2, 0.25) is 0 Å². The Morgan fingerprint density at radius 2 is 2.24 bits per heavy atom. The first-order valence-electron chi connectivity index (χ1n) is 7.09. The number of hydrogen-bond acceptors (Lipinski definition) is 6. The van der Waals surface area contributed by atoms with E-state index in [-0.39, 0.29) is 6.09 Å². The highest BCUT2D eigenvalue weighted by molar-refractivity contribution is 5.68. The summed E-state index contributed by atoms with van der Waals surface area (Å²) in [5.41, 5.74) is 0. The van der Waals surface area contributed by atoms with E-state index in [1.54, 1.807) is 17.2 Å². The molecule has 0 aromatic carbocycles. The van der Waals surface area contributed by atoms with Crippen molar-refractivity contribution in [3.05, 3.63) is 24.9 Å². The van der Waals surface area contributed by atoms with Crippen LogP contribution in [0.1, 0.15) is 6.92 Å². The number of nitrogens with zero attached hydrogens (tertiary/aromatic N) is 4. The van der Waals surface area contributed by atoms with Gasteiger partial charge in [0, 0.05) is 38.9 Å². The molecule has 0 aliphatic carbocycles. The van der Waals surface area contributed by atoms with E-state index in [0.29, 0.717) is 32.2 Å². The molecule has 1 saturated heterocycles. The number of carbonyl (C=O) groups excluding carboxylic acids is 1. The van der Waals surface area contributed by atoms with E-state index in [4.69, 9.17) is 4.74 Å². The highest BCUT2D eigenvalue weighted by atomic mass is 16.6. The third-order valence-electron chi connectivity index (χ3n) is 3.18. The molecule has 0 radical (unpaired) electrons. The fourth-order valence-electron chi connectivity index (χ4n) is 2.11. The Morgan fingerprint density at radius 3 is 2.90 bits per heavy atom. The van der Waals surface area contributed by atoms with Gasteiger partial charge >= 0.3 is 6.09 Å². The van der Waals surface area contributed by atoms with Gasteiger partial charge in [-0.1, -0.05) is 6.08 Å². The molecule has 1 N–H and O–H groups in total. The molecule has 0 spiro atoms. The van der Waals surface area contributed by atoms with Gasteiger partial charge in [0.15, 0.2) is 0 Å². The summed E-state index contributed by atoms with van der Waals surface area (Å²) in [5.74, 6) is 1.44. The molecule has 0 bridgehead atoms. The molecule has 1 fully saturated rings. The Labute approximate surface area is 124 Å². The maximum absolute atomic E-state index is 11.7. The maximum atomic E-state index is 11.7. The van der Waals surface area contributed by atoms with E-state index < -0.39 is 0 Å². The summed E-state index contributed by atoms with van der Waals surface area (Å²) < 4.78 is 5.01. The van der Waals surface area contributed by atoms with Crippen molar-refractivity contribution < 1.29 is 9.53 Å². The molecule has 1 amide bonds. The van der Waals surface area contributed by atoms with E-state index in [9.17, 15) is 4.79 Å². The molecule has 0 atom stereocenters. The number of rotatable bonds is 5. The van der Waals surface area contributed by atoms with Crippen molar-refractivity contribution in [2.45, 2.75) is 6.92 Å². The van der Waals surface area contributed by atoms with Crippen molar-refractivity contribution in [3.8, 4) is 0 Å². The van der Waals surface area contributed by atoms with Gasteiger partial charge in [-0.3, -0.25) is 0 Å². The quantitative estimate of drug-likeness (QED) is 0.826. The fraction of sp³-hybridized carbons (Fsp3) is 0.500. The fourth-order valence-corrected chi connectivity index (χ4v) is 2.11. The van der Waals surface area contributed by atoms with Gasteiger partial charge in [-0.05, 0) is 13.0 Å². The SMILES string of the molecule is C=CCNc1nccc(N2CCN(C(=O)OCC)CC2)n1. The lowest BCUT2D eigenvalue weighted by molar-refractivity contribution is 0.105. The lowest BCUT2D eigenvalue weighted by atomic mass is 10.3. The molecule has 1 aliphatic rings. The van der Waals surface area contributed by atoms with Gasteiger partial charge in [0.05, 0.1) is 6.61 Å². The number of hydrogen-bond donors (Lipinski definition) is 1. The molecular weight excluding hydrogens is 270 g/mol. The van der Waals surface area contributed by atoms with Crippen LogP contribution < -0.4 is 10.2 Å². The molecule has 1 aromatic heterocycles. The van der Waals surface area contributed by atoms with Crippen molar-refractivity contribution in [2.75, 3.05) is 49.5 Å². The molecule has 1 aromatic rings. The number of ether oxygens (including phenoxy) is 1. The number of aromatic nitrogens is 2. The molecule has 0 unspecified atom stereocenters. The molecule has 1 aliphatic heterocycles. The molecule has 114 valence electrons. The van der Waals surface area contributed by atoms with Crippen LogP contribution in [-0.4, -0.2) is 60.3 Å². The van der Waals surface area contributed by atoms with Crippen molar-refractivity contribution in [1.29, 1.82) is 0 Å². The van der Waals surface area contributed by atoms with Crippen LogP contribution in [0, 0.1) is 0 Å². The summed E-state index contributed by atoms with van der Waals surface area (Å²) in [6.07, 6.45) is 3.24. The highest BCUT2D eigenvalue weighted by Crippen LogP contribution is 2.15. The first-order valence-corrected chi connectivity index (χ1v) is 7.09. The van der Waals surface area contributed by atoms with E-state index >= 15 is 0 Å². The van der Waals surface area contributed by atoms with Crippen molar-refractivity contribution >= 4 is 17.9 Å². The van der Waals surface area contributed by atoms with E-state index in [1.165, 1.54) is 0 Å². The second kappa shape index (κ2) is 7.47. The topological polar surface area (TPSA) is 70.6 Å². The van der Waals surface area contributed by atoms with Crippen LogP contribution in [-0.2, 0) is 4.74 Å². The maximum Gasteiger partial charge on any atom is 0.409 e. The van der Waals surface area contributed by atoms with Gasteiger partial charge in [-0.25, -0.2) is 9.78 Å². The summed E-state index contributed by atoms with van der Waals surface area (Å²) in [7, 11) is 0.